The highest BCUT2D eigenvalue weighted by atomic mass is 35.5. The third-order valence-corrected chi connectivity index (χ3v) is 2.84. The Morgan fingerprint density at radius 2 is 2.05 bits per heavy atom. The summed E-state index contributed by atoms with van der Waals surface area (Å²) in [6.07, 6.45) is 0.963. The fraction of sp³-hybridized carbons (Fsp3) is 0.250. The van der Waals surface area contributed by atoms with Gasteiger partial charge in [-0.2, -0.15) is 19.6 Å². The maximum Gasteiger partial charge on any atom is 0.258 e. The fourth-order valence-corrected chi connectivity index (χ4v) is 1.92. The largest absolute Gasteiger partial charge is 0.354 e. The zero-order chi connectivity index (χ0) is 13.9. The number of fused-ring (bicyclic) bond motifs is 1. The Balaban J connectivity index is 2.07. The Hall–Kier alpha value is -2.28. The Morgan fingerprint density at radius 3 is 2.90 bits per heavy atom. The van der Waals surface area contributed by atoms with E-state index in [0.717, 1.165) is 24.0 Å². The summed E-state index contributed by atoms with van der Waals surface area (Å²) in [4.78, 5) is 12.4. The summed E-state index contributed by atoms with van der Waals surface area (Å²) in [6.45, 7) is 2.82. The van der Waals surface area contributed by atoms with Crippen molar-refractivity contribution >= 4 is 28.6 Å². The molecule has 7 nitrogen and oxygen atoms in total. The van der Waals surface area contributed by atoms with Gasteiger partial charge in [-0.1, -0.05) is 24.3 Å². The van der Waals surface area contributed by atoms with Crippen LogP contribution in [-0.2, 0) is 0 Å². The summed E-state index contributed by atoms with van der Waals surface area (Å²) in [5.41, 5.74) is 1.59. The fourth-order valence-electron chi connectivity index (χ4n) is 1.77. The molecular weight excluding hydrogens is 278 g/mol. The summed E-state index contributed by atoms with van der Waals surface area (Å²) < 4.78 is 1.54. The van der Waals surface area contributed by atoms with E-state index in [1.807, 2.05) is 24.3 Å². The molecule has 0 unspecified atom stereocenters. The summed E-state index contributed by atoms with van der Waals surface area (Å²) in [5, 5.41) is 11.3. The van der Waals surface area contributed by atoms with E-state index in [9.17, 15) is 0 Å². The van der Waals surface area contributed by atoms with Gasteiger partial charge in [0.25, 0.3) is 5.95 Å². The van der Waals surface area contributed by atoms with Crippen LogP contribution >= 0.6 is 11.6 Å². The molecular formula is C12H12ClN7. The van der Waals surface area contributed by atoms with Crippen molar-refractivity contribution in [1.29, 1.82) is 0 Å². The topological polar surface area (TPSA) is 81.4 Å². The summed E-state index contributed by atoms with van der Waals surface area (Å²) in [7, 11) is 0. The van der Waals surface area contributed by atoms with Crippen molar-refractivity contribution in [3.63, 3.8) is 0 Å². The molecule has 8 heteroatoms. The summed E-state index contributed by atoms with van der Waals surface area (Å²) in [5.74, 6) is 0.777. The Bertz CT molecular complexity index is 740. The molecule has 0 atom stereocenters. The molecule has 102 valence electrons. The maximum atomic E-state index is 5.93. The molecule has 0 bridgehead atoms. The van der Waals surface area contributed by atoms with Crippen LogP contribution in [0.2, 0.25) is 5.28 Å². The second-order valence-electron chi connectivity index (χ2n) is 4.14. The Kier molecular flexibility index (Phi) is 3.42. The average Bonchev–Trinajstić information content (AvgIpc) is 2.88. The molecule has 0 aliphatic heterocycles. The molecule has 2 heterocycles. The standard InChI is InChI=1S/C12H12ClN7/c1-2-7-14-11-15-10(13)16-12(17-11)20-9-6-4-3-5-8(9)18-19-20/h3-6H,2,7H2,1H3,(H,14,15,16,17). The molecule has 0 saturated carbocycles. The number of hydrogen-bond donors (Lipinski definition) is 1. The van der Waals surface area contributed by atoms with Crippen LogP contribution in [0.15, 0.2) is 24.3 Å². The predicted octanol–water partition coefficient (Wildman–Crippen LogP) is 2.08. The zero-order valence-electron chi connectivity index (χ0n) is 10.8. The number of nitrogens with zero attached hydrogens (tertiary/aromatic N) is 6. The Labute approximate surface area is 120 Å². The maximum absolute atomic E-state index is 5.93. The number of halogens is 1. The van der Waals surface area contributed by atoms with Crippen molar-refractivity contribution in [2.45, 2.75) is 13.3 Å². The molecule has 20 heavy (non-hydrogen) atoms. The smallest absolute Gasteiger partial charge is 0.258 e. The number of anilines is 1. The highest BCUT2D eigenvalue weighted by molar-refractivity contribution is 6.28. The quantitative estimate of drug-likeness (QED) is 0.792. The van der Waals surface area contributed by atoms with Crippen molar-refractivity contribution in [3.05, 3.63) is 29.5 Å². The third kappa shape index (κ3) is 2.39. The van der Waals surface area contributed by atoms with E-state index in [-0.39, 0.29) is 5.28 Å². The highest BCUT2D eigenvalue weighted by Crippen LogP contribution is 2.15. The molecule has 2 aromatic heterocycles. The van der Waals surface area contributed by atoms with Gasteiger partial charge in [-0.25, -0.2) is 0 Å². The lowest BCUT2D eigenvalue weighted by Crippen LogP contribution is -2.10. The first kappa shape index (κ1) is 12.7. The molecule has 3 aromatic rings. The van der Waals surface area contributed by atoms with Crippen LogP contribution in [0.25, 0.3) is 17.0 Å². The van der Waals surface area contributed by atoms with Crippen LogP contribution in [0.5, 0.6) is 0 Å². The van der Waals surface area contributed by atoms with Gasteiger partial charge < -0.3 is 5.32 Å². The van der Waals surface area contributed by atoms with Gasteiger partial charge in [0.05, 0.1) is 5.52 Å². The molecule has 0 aliphatic rings. The monoisotopic (exact) mass is 289 g/mol. The van der Waals surface area contributed by atoms with Crippen LogP contribution in [-0.4, -0.2) is 36.5 Å². The lowest BCUT2D eigenvalue weighted by molar-refractivity contribution is 0.764. The van der Waals surface area contributed by atoms with Crippen LogP contribution < -0.4 is 5.32 Å². The molecule has 0 spiro atoms. The predicted molar refractivity (Wildman–Crippen MR) is 76.0 cm³/mol. The minimum atomic E-state index is 0.119. The van der Waals surface area contributed by atoms with E-state index >= 15 is 0 Å². The number of hydrogen-bond acceptors (Lipinski definition) is 6. The summed E-state index contributed by atoms with van der Waals surface area (Å²) >= 11 is 5.93. The minimum absolute atomic E-state index is 0.119. The number of benzene rings is 1. The zero-order valence-corrected chi connectivity index (χ0v) is 11.5. The van der Waals surface area contributed by atoms with E-state index in [2.05, 4.69) is 37.5 Å². The van der Waals surface area contributed by atoms with Gasteiger partial charge in [-0.3, -0.25) is 0 Å². The van der Waals surface area contributed by atoms with Gasteiger partial charge in [0.1, 0.15) is 5.52 Å². The number of nitrogens with one attached hydrogen (secondary N) is 1. The van der Waals surface area contributed by atoms with Crippen molar-refractivity contribution < 1.29 is 0 Å². The van der Waals surface area contributed by atoms with Crippen molar-refractivity contribution in [1.82, 2.24) is 29.9 Å². The molecule has 1 aromatic carbocycles. The normalized spacial score (nSPS) is 10.9. The van der Waals surface area contributed by atoms with E-state index in [0.29, 0.717) is 11.9 Å². The van der Waals surface area contributed by atoms with Gasteiger partial charge in [-0.05, 0) is 30.2 Å². The number of rotatable bonds is 4. The molecule has 0 saturated heterocycles. The highest BCUT2D eigenvalue weighted by Gasteiger charge is 2.11. The molecule has 0 fully saturated rings. The molecule has 0 aliphatic carbocycles. The van der Waals surface area contributed by atoms with Crippen molar-refractivity contribution in [2.24, 2.45) is 0 Å². The van der Waals surface area contributed by atoms with E-state index in [1.165, 1.54) is 0 Å². The minimum Gasteiger partial charge on any atom is -0.354 e. The average molecular weight is 290 g/mol. The van der Waals surface area contributed by atoms with Crippen molar-refractivity contribution in [3.8, 4) is 5.95 Å². The van der Waals surface area contributed by atoms with E-state index in [1.54, 1.807) is 4.68 Å². The second kappa shape index (κ2) is 5.38. The lowest BCUT2D eigenvalue weighted by atomic mass is 10.3. The van der Waals surface area contributed by atoms with Crippen LogP contribution in [0.4, 0.5) is 5.95 Å². The van der Waals surface area contributed by atoms with Crippen LogP contribution in [0, 0.1) is 0 Å². The molecule has 3 rings (SSSR count). The van der Waals surface area contributed by atoms with Crippen LogP contribution in [0.1, 0.15) is 13.3 Å². The first-order valence-electron chi connectivity index (χ1n) is 6.24. The van der Waals surface area contributed by atoms with Gasteiger partial charge in [0.15, 0.2) is 0 Å². The lowest BCUT2D eigenvalue weighted by Gasteiger charge is -2.05. The molecule has 1 N–H and O–H groups in total. The van der Waals surface area contributed by atoms with Crippen molar-refractivity contribution in [2.75, 3.05) is 11.9 Å². The first-order chi connectivity index (χ1) is 9.78. The van der Waals surface area contributed by atoms with E-state index < -0.39 is 0 Å². The Morgan fingerprint density at radius 1 is 1.20 bits per heavy atom. The number of para-hydroxylation sites is 1. The second-order valence-corrected chi connectivity index (χ2v) is 4.48. The van der Waals surface area contributed by atoms with Gasteiger partial charge in [-0.15, -0.1) is 5.10 Å². The SMILES string of the molecule is CCCNc1nc(Cl)nc(-n2nnc3ccccc32)n1. The summed E-state index contributed by atoms with van der Waals surface area (Å²) in [6, 6.07) is 7.57. The first-order valence-corrected chi connectivity index (χ1v) is 6.62. The van der Waals surface area contributed by atoms with Gasteiger partial charge in [0, 0.05) is 6.54 Å². The van der Waals surface area contributed by atoms with Gasteiger partial charge >= 0.3 is 0 Å². The molecule has 0 amide bonds. The van der Waals surface area contributed by atoms with E-state index in [4.69, 9.17) is 11.6 Å². The molecule has 0 radical (unpaired) electrons. The van der Waals surface area contributed by atoms with Crippen LogP contribution in [0.3, 0.4) is 0 Å². The number of aromatic nitrogens is 6. The van der Waals surface area contributed by atoms with Gasteiger partial charge in [0.2, 0.25) is 11.2 Å². The third-order valence-electron chi connectivity index (χ3n) is 2.67.